The van der Waals surface area contributed by atoms with Crippen LogP contribution in [0.15, 0.2) is 46.1 Å². The van der Waals surface area contributed by atoms with Gasteiger partial charge in [0.1, 0.15) is 22.3 Å². The second kappa shape index (κ2) is 8.68. The number of nitrogens with zero attached hydrogens (tertiary/aromatic N) is 1. The van der Waals surface area contributed by atoms with Gasteiger partial charge in [-0.2, -0.15) is 0 Å². The van der Waals surface area contributed by atoms with E-state index in [-0.39, 0.29) is 16.9 Å². The molecule has 0 radical (unpaired) electrons. The third-order valence-electron chi connectivity index (χ3n) is 4.25. The van der Waals surface area contributed by atoms with Gasteiger partial charge < -0.3 is 5.32 Å². The first-order chi connectivity index (χ1) is 14.1. The van der Waals surface area contributed by atoms with Crippen molar-refractivity contribution in [2.75, 3.05) is 5.32 Å². The minimum Gasteiger partial charge on any atom is -0.378 e. The Hall–Kier alpha value is -2.53. The second-order valence-corrected chi connectivity index (χ2v) is 9.10. The molecule has 11 heteroatoms. The molecule has 1 N–H and O–H groups in total. The Morgan fingerprint density at radius 1 is 1.07 bits per heavy atom. The highest BCUT2D eigenvalue weighted by Crippen LogP contribution is 2.30. The van der Waals surface area contributed by atoms with Crippen molar-refractivity contribution in [1.29, 1.82) is 0 Å². The van der Waals surface area contributed by atoms with Gasteiger partial charge in [-0.15, -0.1) is 11.3 Å². The molecule has 1 atom stereocenters. The maximum atomic E-state index is 14.5. The van der Waals surface area contributed by atoms with E-state index in [0.29, 0.717) is 0 Å². The molecule has 0 aliphatic rings. The third-order valence-corrected chi connectivity index (χ3v) is 6.58. The SMILES string of the molecule is C[C@H](Nc1cc(F)c(S(=O)(=O)Cc2cscn2)c(F)c1)c1cc(C(F)F)ccc1F. The van der Waals surface area contributed by atoms with Crippen LogP contribution in [-0.4, -0.2) is 13.4 Å². The highest BCUT2D eigenvalue weighted by atomic mass is 32.2. The molecule has 0 spiro atoms. The van der Waals surface area contributed by atoms with Gasteiger partial charge in [-0.05, 0) is 31.2 Å². The van der Waals surface area contributed by atoms with E-state index in [0.717, 1.165) is 41.7 Å². The number of rotatable bonds is 7. The van der Waals surface area contributed by atoms with Crippen molar-refractivity contribution in [3.05, 3.63) is 75.5 Å². The predicted molar refractivity (Wildman–Crippen MR) is 103 cm³/mol. The number of halogens is 5. The van der Waals surface area contributed by atoms with Crippen molar-refractivity contribution < 1.29 is 30.4 Å². The number of alkyl halides is 2. The molecule has 30 heavy (non-hydrogen) atoms. The zero-order valence-electron chi connectivity index (χ0n) is 15.4. The summed E-state index contributed by atoms with van der Waals surface area (Å²) in [6.07, 6.45) is -2.81. The molecule has 0 saturated heterocycles. The van der Waals surface area contributed by atoms with Crippen LogP contribution in [0.4, 0.5) is 27.6 Å². The highest BCUT2D eigenvalue weighted by molar-refractivity contribution is 7.90. The first kappa shape index (κ1) is 22.2. The highest BCUT2D eigenvalue weighted by Gasteiger charge is 2.26. The van der Waals surface area contributed by atoms with Gasteiger partial charge in [-0.3, -0.25) is 0 Å². The van der Waals surface area contributed by atoms with Crippen molar-refractivity contribution in [3.63, 3.8) is 0 Å². The summed E-state index contributed by atoms with van der Waals surface area (Å²) in [5.41, 5.74) is 0.847. The Kier molecular flexibility index (Phi) is 6.41. The Balaban J connectivity index is 1.88. The second-order valence-electron chi connectivity index (χ2n) is 6.46. The predicted octanol–water partition coefficient (Wildman–Crippen LogP) is 5.65. The zero-order chi connectivity index (χ0) is 22.1. The van der Waals surface area contributed by atoms with Crippen molar-refractivity contribution in [1.82, 2.24) is 4.98 Å². The van der Waals surface area contributed by atoms with Crippen LogP contribution in [0.5, 0.6) is 0 Å². The largest absolute Gasteiger partial charge is 0.378 e. The van der Waals surface area contributed by atoms with Crippen molar-refractivity contribution in [3.8, 4) is 0 Å². The minimum absolute atomic E-state index is 0.131. The molecule has 1 aromatic heterocycles. The molecule has 2 aromatic carbocycles. The average Bonchev–Trinajstić information content (AvgIpc) is 3.13. The minimum atomic E-state index is -4.34. The Bertz CT molecular complexity index is 1130. The zero-order valence-corrected chi connectivity index (χ0v) is 17.0. The lowest BCUT2D eigenvalue weighted by molar-refractivity contribution is 0.151. The van der Waals surface area contributed by atoms with E-state index in [1.165, 1.54) is 17.8 Å². The molecule has 0 fully saturated rings. The molecule has 0 amide bonds. The van der Waals surface area contributed by atoms with Crippen LogP contribution in [-0.2, 0) is 15.6 Å². The Labute approximate surface area is 173 Å². The number of anilines is 1. The topological polar surface area (TPSA) is 59.1 Å². The van der Waals surface area contributed by atoms with Gasteiger partial charge in [-0.25, -0.2) is 35.4 Å². The molecular weight excluding hydrogens is 447 g/mol. The van der Waals surface area contributed by atoms with Crippen LogP contribution < -0.4 is 5.32 Å². The fraction of sp³-hybridized carbons (Fsp3) is 0.211. The van der Waals surface area contributed by atoms with Gasteiger partial charge in [-0.1, -0.05) is 6.07 Å². The van der Waals surface area contributed by atoms with E-state index in [2.05, 4.69) is 10.3 Å². The van der Waals surface area contributed by atoms with Crippen LogP contribution in [0.2, 0.25) is 0 Å². The first-order valence-corrected chi connectivity index (χ1v) is 11.1. The van der Waals surface area contributed by atoms with Crippen LogP contribution in [0.3, 0.4) is 0 Å². The van der Waals surface area contributed by atoms with E-state index >= 15 is 0 Å². The van der Waals surface area contributed by atoms with Gasteiger partial charge in [0, 0.05) is 22.2 Å². The normalized spacial score (nSPS) is 12.9. The summed E-state index contributed by atoms with van der Waals surface area (Å²) in [6, 6.07) is 3.35. The van der Waals surface area contributed by atoms with Crippen molar-refractivity contribution in [2.45, 2.75) is 30.0 Å². The van der Waals surface area contributed by atoms with Crippen LogP contribution in [0.25, 0.3) is 0 Å². The summed E-state index contributed by atoms with van der Waals surface area (Å²) in [4.78, 5) is 2.70. The smallest absolute Gasteiger partial charge is 0.263 e. The summed E-state index contributed by atoms with van der Waals surface area (Å²) < 4.78 is 93.5. The number of hydrogen-bond donors (Lipinski definition) is 1. The van der Waals surface area contributed by atoms with Gasteiger partial charge >= 0.3 is 0 Å². The van der Waals surface area contributed by atoms with Crippen LogP contribution >= 0.6 is 11.3 Å². The first-order valence-electron chi connectivity index (χ1n) is 8.51. The average molecular weight is 462 g/mol. The number of hydrogen-bond acceptors (Lipinski definition) is 5. The van der Waals surface area contributed by atoms with E-state index < -0.39 is 56.0 Å². The quantitative estimate of drug-likeness (QED) is 0.462. The molecule has 160 valence electrons. The molecule has 0 aliphatic carbocycles. The van der Waals surface area contributed by atoms with Gasteiger partial charge in [0.15, 0.2) is 9.84 Å². The summed E-state index contributed by atoms with van der Waals surface area (Å²) in [6.45, 7) is 1.41. The van der Waals surface area contributed by atoms with E-state index in [1.54, 1.807) is 0 Å². The number of aromatic nitrogens is 1. The summed E-state index contributed by atoms with van der Waals surface area (Å²) in [5.74, 6) is -4.11. The Morgan fingerprint density at radius 2 is 1.73 bits per heavy atom. The van der Waals surface area contributed by atoms with Gasteiger partial charge in [0.2, 0.25) is 0 Å². The molecule has 0 aliphatic heterocycles. The molecule has 1 heterocycles. The summed E-state index contributed by atoms with van der Waals surface area (Å²) >= 11 is 1.14. The maximum absolute atomic E-state index is 14.5. The number of benzene rings is 2. The lowest BCUT2D eigenvalue weighted by Crippen LogP contribution is -2.13. The maximum Gasteiger partial charge on any atom is 0.263 e. The standard InChI is InChI=1S/C19H15F5N2O2S2/c1-10(14-4-11(19(23)24)2-3-15(14)20)26-12-5-16(21)18(17(22)6-12)30(27,28)8-13-7-29-9-25-13/h2-7,9-10,19,26H,8H2,1H3/t10-/m0/s1. The van der Waals surface area contributed by atoms with Crippen molar-refractivity contribution in [2.24, 2.45) is 0 Å². The molecule has 4 nitrogen and oxygen atoms in total. The van der Waals surface area contributed by atoms with Crippen molar-refractivity contribution >= 4 is 26.9 Å². The molecule has 3 rings (SSSR count). The lowest BCUT2D eigenvalue weighted by atomic mass is 10.0. The molecule has 3 aromatic rings. The molecule has 0 bridgehead atoms. The van der Waals surface area contributed by atoms with Crippen LogP contribution in [0, 0.1) is 17.5 Å². The van der Waals surface area contributed by atoms with E-state index in [1.807, 2.05) is 0 Å². The molecular formula is C19H15F5N2O2S2. The van der Waals surface area contributed by atoms with Crippen LogP contribution in [0.1, 0.15) is 36.2 Å². The van der Waals surface area contributed by atoms with Gasteiger partial charge in [0.05, 0.1) is 23.0 Å². The lowest BCUT2D eigenvalue weighted by Gasteiger charge is -2.18. The number of sulfone groups is 1. The monoisotopic (exact) mass is 462 g/mol. The fourth-order valence-corrected chi connectivity index (χ4v) is 4.94. The Morgan fingerprint density at radius 3 is 2.30 bits per heavy atom. The molecule has 0 saturated carbocycles. The van der Waals surface area contributed by atoms with Gasteiger partial charge in [0.25, 0.3) is 6.43 Å². The van der Waals surface area contributed by atoms with E-state index in [9.17, 15) is 30.4 Å². The number of thiazole rings is 1. The third kappa shape index (κ3) is 4.78. The fourth-order valence-electron chi connectivity index (χ4n) is 2.87. The summed E-state index contributed by atoms with van der Waals surface area (Å²) in [7, 11) is -4.34. The number of nitrogens with one attached hydrogen (secondary N) is 1. The van der Waals surface area contributed by atoms with E-state index in [4.69, 9.17) is 0 Å². The summed E-state index contributed by atoms with van der Waals surface area (Å²) in [5, 5.41) is 4.05. The molecule has 0 unspecified atom stereocenters.